The van der Waals surface area contributed by atoms with Gasteiger partial charge < -0.3 is 9.84 Å². The highest BCUT2D eigenvalue weighted by Gasteiger charge is 2.06. The Morgan fingerprint density at radius 1 is 1.44 bits per heavy atom. The van der Waals surface area contributed by atoms with Gasteiger partial charge in [0.2, 0.25) is 0 Å². The second-order valence-electron chi connectivity index (χ2n) is 3.68. The number of carboxylic acids is 1. The third kappa shape index (κ3) is 2.65. The Morgan fingerprint density at radius 3 is 2.89 bits per heavy atom. The molecule has 0 aliphatic rings. The average molecular weight is 247 g/mol. The summed E-state index contributed by atoms with van der Waals surface area (Å²) in [6, 6.07) is 3.08. The molecule has 6 nitrogen and oxygen atoms in total. The first kappa shape index (κ1) is 12.1. The molecule has 0 unspecified atom stereocenters. The lowest BCUT2D eigenvalue weighted by atomic mass is 10.3. The number of aromatic nitrogens is 3. The minimum Gasteiger partial charge on any atom is -0.490 e. The van der Waals surface area contributed by atoms with E-state index < -0.39 is 5.97 Å². The van der Waals surface area contributed by atoms with Crippen molar-refractivity contribution in [1.82, 2.24) is 14.8 Å². The summed E-state index contributed by atoms with van der Waals surface area (Å²) in [5.41, 5.74) is 0.694. The number of carbonyl (C=O) groups is 1. The van der Waals surface area contributed by atoms with Crippen LogP contribution < -0.4 is 4.74 Å². The van der Waals surface area contributed by atoms with E-state index >= 15 is 0 Å². The standard InChI is InChI=1S/C12H13N3O3/c1-2-5-18-10-7-14-15(8-10)9-3-4-11(12(16)17)13-6-9/h3-4,6-8H,2,5H2,1H3,(H,16,17). The second kappa shape index (κ2) is 5.31. The molecule has 1 N–H and O–H groups in total. The molecule has 2 heterocycles. The first-order valence-corrected chi connectivity index (χ1v) is 5.58. The van der Waals surface area contributed by atoms with Crippen LogP contribution in [0.1, 0.15) is 23.8 Å². The highest BCUT2D eigenvalue weighted by Crippen LogP contribution is 2.13. The lowest BCUT2D eigenvalue weighted by molar-refractivity contribution is 0.0690. The van der Waals surface area contributed by atoms with Gasteiger partial charge in [-0.15, -0.1) is 0 Å². The fourth-order valence-electron chi connectivity index (χ4n) is 1.39. The number of hydrogen-bond acceptors (Lipinski definition) is 4. The maximum atomic E-state index is 10.7. The second-order valence-corrected chi connectivity index (χ2v) is 3.68. The number of rotatable bonds is 5. The molecule has 0 fully saturated rings. The van der Waals surface area contributed by atoms with Crippen LogP contribution in [0.2, 0.25) is 0 Å². The molecule has 2 aromatic rings. The SMILES string of the molecule is CCCOc1cnn(-c2ccc(C(=O)O)nc2)c1. The van der Waals surface area contributed by atoms with E-state index in [0.717, 1.165) is 6.42 Å². The van der Waals surface area contributed by atoms with Crippen molar-refractivity contribution < 1.29 is 14.6 Å². The molecule has 94 valence electrons. The zero-order valence-electron chi connectivity index (χ0n) is 9.91. The van der Waals surface area contributed by atoms with Gasteiger partial charge >= 0.3 is 5.97 Å². The van der Waals surface area contributed by atoms with Crippen molar-refractivity contribution in [1.29, 1.82) is 0 Å². The predicted molar refractivity (Wildman–Crippen MR) is 64.1 cm³/mol. The van der Waals surface area contributed by atoms with Crippen LogP contribution in [0.15, 0.2) is 30.7 Å². The van der Waals surface area contributed by atoms with Crippen molar-refractivity contribution in [2.24, 2.45) is 0 Å². The van der Waals surface area contributed by atoms with Crippen LogP contribution in [-0.4, -0.2) is 32.4 Å². The smallest absolute Gasteiger partial charge is 0.354 e. The van der Waals surface area contributed by atoms with Crippen molar-refractivity contribution in [3.05, 3.63) is 36.4 Å². The van der Waals surface area contributed by atoms with Gasteiger partial charge in [-0.1, -0.05) is 6.92 Å². The number of carboxylic acid groups (broad SMARTS) is 1. The highest BCUT2D eigenvalue weighted by atomic mass is 16.5. The summed E-state index contributed by atoms with van der Waals surface area (Å²) in [5, 5.41) is 12.9. The van der Waals surface area contributed by atoms with Gasteiger partial charge in [-0.2, -0.15) is 5.10 Å². The van der Waals surface area contributed by atoms with Gasteiger partial charge in [0.05, 0.1) is 30.9 Å². The Kier molecular flexibility index (Phi) is 3.57. The summed E-state index contributed by atoms with van der Waals surface area (Å²) < 4.78 is 7.01. The van der Waals surface area contributed by atoms with Gasteiger partial charge in [0.15, 0.2) is 5.75 Å². The summed E-state index contributed by atoms with van der Waals surface area (Å²) in [6.45, 7) is 2.67. The minimum absolute atomic E-state index is 0.00774. The largest absolute Gasteiger partial charge is 0.490 e. The van der Waals surface area contributed by atoms with E-state index in [2.05, 4.69) is 10.1 Å². The molecule has 0 radical (unpaired) electrons. The lowest BCUT2D eigenvalue weighted by Crippen LogP contribution is -2.02. The van der Waals surface area contributed by atoms with Crippen LogP contribution in [0, 0.1) is 0 Å². The van der Waals surface area contributed by atoms with E-state index in [9.17, 15) is 4.79 Å². The zero-order chi connectivity index (χ0) is 13.0. The summed E-state index contributed by atoms with van der Waals surface area (Å²) in [5.74, 6) is -0.367. The van der Waals surface area contributed by atoms with Crippen molar-refractivity contribution in [2.45, 2.75) is 13.3 Å². The van der Waals surface area contributed by atoms with Gasteiger partial charge in [-0.3, -0.25) is 0 Å². The first-order valence-electron chi connectivity index (χ1n) is 5.58. The molecule has 0 spiro atoms. The summed E-state index contributed by atoms with van der Waals surface area (Å²) in [4.78, 5) is 14.5. The van der Waals surface area contributed by atoms with Crippen LogP contribution in [0.25, 0.3) is 5.69 Å². The van der Waals surface area contributed by atoms with Gasteiger partial charge in [0.25, 0.3) is 0 Å². The first-order chi connectivity index (χ1) is 8.70. The highest BCUT2D eigenvalue weighted by molar-refractivity contribution is 5.85. The number of ether oxygens (including phenoxy) is 1. The summed E-state index contributed by atoms with van der Waals surface area (Å²) in [6.07, 6.45) is 5.73. The third-order valence-corrected chi connectivity index (χ3v) is 2.26. The number of nitrogens with zero attached hydrogens (tertiary/aromatic N) is 3. The number of aromatic carboxylic acids is 1. The van der Waals surface area contributed by atoms with E-state index in [4.69, 9.17) is 9.84 Å². The summed E-state index contributed by atoms with van der Waals surface area (Å²) >= 11 is 0. The molecule has 0 aromatic carbocycles. The normalized spacial score (nSPS) is 10.3. The van der Waals surface area contributed by atoms with Crippen molar-refractivity contribution in [3.63, 3.8) is 0 Å². The van der Waals surface area contributed by atoms with Crippen LogP contribution >= 0.6 is 0 Å². The Hall–Kier alpha value is -2.37. The fourth-order valence-corrected chi connectivity index (χ4v) is 1.39. The average Bonchev–Trinajstić information content (AvgIpc) is 2.85. The zero-order valence-corrected chi connectivity index (χ0v) is 9.91. The number of pyridine rings is 1. The van der Waals surface area contributed by atoms with Crippen molar-refractivity contribution in [2.75, 3.05) is 6.61 Å². The minimum atomic E-state index is -1.05. The Bertz CT molecular complexity index is 534. The molecule has 2 aromatic heterocycles. The molecule has 2 rings (SSSR count). The van der Waals surface area contributed by atoms with Crippen molar-refractivity contribution in [3.8, 4) is 11.4 Å². The van der Waals surface area contributed by atoms with E-state index in [0.29, 0.717) is 18.0 Å². The molecule has 0 aliphatic heterocycles. The van der Waals surface area contributed by atoms with Crippen LogP contribution in [-0.2, 0) is 0 Å². The van der Waals surface area contributed by atoms with Gasteiger partial charge in [0, 0.05) is 0 Å². The molecule has 0 saturated carbocycles. The van der Waals surface area contributed by atoms with Crippen LogP contribution in [0.3, 0.4) is 0 Å². The summed E-state index contributed by atoms with van der Waals surface area (Å²) in [7, 11) is 0. The third-order valence-electron chi connectivity index (χ3n) is 2.26. The molecule has 0 bridgehead atoms. The maximum Gasteiger partial charge on any atom is 0.354 e. The molecule has 0 aliphatic carbocycles. The van der Waals surface area contributed by atoms with Gasteiger partial charge in [-0.05, 0) is 18.6 Å². The topological polar surface area (TPSA) is 77.2 Å². The van der Waals surface area contributed by atoms with Crippen LogP contribution in [0.5, 0.6) is 5.75 Å². The Labute approximate surface area is 104 Å². The van der Waals surface area contributed by atoms with E-state index in [1.807, 2.05) is 6.92 Å². The predicted octanol–water partition coefficient (Wildman–Crippen LogP) is 1.75. The quantitative estimate of drug-likeness (QED) is 0.871. The van der Waals surface area contributed by atoms with E-state index in [1.165, 1.54) is 12.3 Å². The fraction of sp³-hybridized carbons (Fsp3) is 0.250. The Balaban J connectivity index is 2.15. The lowest BCUT2D eigenvalue weighted by Gasteiger charge is -2.01. The number of hydrogen-bond donors (Lipinski definition) is 1. The van der Waals surface area contributed by atoms with Crippen molar-refractivity contribution >= 4 is 5.97 Å². The molecular formula is C12H13N3O3. The Morgan fingerprint density at radius 2 is 2.28 bits per heavy atom. The van der Waals surface area contributed by atoms with E-state index in [1.54, 1.807) is 23.1 Å². The molecule has 6 heteroatoms. The molecule has 0 saturated heterocycles. The molecule has 0 amide bonds. The van der Waals surface area contributed by atoms with Gasteiger partial charge in [-0.25, -0.2) is 14.5 Å². The molecule has 18 heavy (non-hydrogen) atoms. The molecule has 0 atom stereocenters. The van der Waals surface area contributed by atoms with Gasteiger partial charge in [0.1, 0.15) is 5.69 Å². The van der Waals surface area contributed by atoms with E-state index in [-0.39, 0.29) is 5.69 Å². The maximum absolute atomic E-state index is 10.7. The monoisotopic (exact) mass is 247 g/mol. The van der Waals surface area contributed by atoms with Crippen LogP contribution in [0.4, 0.5) is 0 Å². The molecular weight excluding hydrogens is 234 g/mol.